The lowest BCUT2D eigenvalue weighted by atomic mass is 10.1. The first kappa shape index (κ1) is 27.6. The van der Waals surface area contributed by atoms with E-state index in [2.05, 4.69) is 20.8 Å². The molecule has 5 aromatic rings. The standard InChI is InChI=1S/C31H23ClN4O4S/c32-25-13-15-26(16-14-25)34-31-35-27(19-41-31)21-9-11-22(12-10-21)29(37)36-33-17-24-3-1-2-4-28(24)40-18-20-5-7-23(8-6-20)30(38)39/h1-17,19H,18H2,(H,34,35)(H,36,37)(H,38,39)/b33-17-. The average Bonchev–Trinajstić information content (AvgIpc) is 3.46. The average molecular weight is 583 g/mol. The number of ether oxygens (including phenoxy) is 1. The highest BCUT2D eigenvalue weighted by Gasteiger charge is 2.09. The summed E-state index contributed by atoms with van der Waals surface area (Å²) in [7, 11) is 0. The predicted octanol–water partition coefficient (Wildman–Crippen LogP) is 7.25. The molecule has 5 rings (SSSR count). The number of amides is 1. The Hall–Kier alpha value is -4.99. The minimum absolute atomic E-state index is 0.214. The van der Waals surface area contributed by atoms with Crippen LogP contribution < -0.4 is 15.5 Å². The molecule has 10 heteroatoms. The van der Waals surface area contributed by atoms with Gasteiger partial charge in [0.1, 0.15) is 12.4 Å². The number of rotatable bonds is 10. The third-order valence-corrected chi connectivity index (χ3v) is 6.94. The maximum atomic E-state index is 12.7. The first-order valence-electron chi connectivity index (χ1n) is 12.4. The van der Waals surface area contributed by atoms with Gasteiger partial charge >= 0.3 is 5.97 Å². The molecule has 0 fully saturated rings. The monoisotopic (exact) mass is 582 g/mol. The van der Waals surface area contributed by atoms with Crippen molar-refractivity contribution in [3.8, 4) is 17.0 Å². The summed E-state index contributed by atoms with van der Waals surface area (Å²) in [5, 5.41) is 19.8. The third kappa shape index (κ3) is 7.36. The largest absolute Gasteiger partial charge is 0.488 e. The summed E-state index contributed by atoms with van der Waals surface area (Å²) >= 11 is 7.43. The fourth-order valence-electron chi connectivity index (χ4n) is 3.76. The highest BCUT2D eigenvalue weighted by molar-refractivity contribution is 7.14. The zero-order chi connectivity index (χ0) is 28.6. The van der Waals surface area contributed by atoms with Crippen molar-refractivity contribution in [3.05, 3.63) is 130 Å². The number of para-hydroxylation sites is 1. The smallest absolute Gasteiger partial charge is 0.335 e. The highest BCUT2D eigenvalue weighted by atomic mass is 35.5. The first-order chi connectivity index (χ1) is 19.9. The van der Waals surface area contributed by atoms with Crippen molar-refractivity contribution in [1.29, 1.82) is 0 Å². The van der Waals surface area contributed by atoms with E-state index in [1.165, 1.54) is 29.7 Å². The van der Waals surface area contributed by atoms with Crippen LogP contribution in [0.1, 0.15) is 31.8 Å². The molecule has 0 saturated carbocycles. The number of aromatic nitrogens is 1. The molecule has 1 heterocycles. The summed E-state index contributed by atoms with van der Waals surface area (Å²) in [4.78, 5) is 28.3. The Morgan fingerprint density at radius 3 is 2.37 bits per heavy atom. The molecular formula is C31H23ClN4O4S. The van der Waals surface area contributed by atoms with Gasteiger partial charge in [0.05, 0.1) is 17.5 Å². The van der Waals surface area contributed by atoms with E-state index in [9.17, 15) is 9.59 Å². The van der Waals surface area contributed by atoms with Crippen LogP contribution in [0, 0.1) is 0 Å². The summed E-state index contributed by atoms with van der Waals surface area (Å²) in [6, 6.07) is 28.3. The van der Waals surface area contributed by atoms with Gasteiger partial charge in [-0.15, -0.1) is 11.3 Å². The van der Waals surface area contributed by atoms with Gasteiger partial charge in [-0.1, -0.05) is 48.0 Å². The zero-order valence-corrected chi connectivity index (χ0v) is 23.0. The summed E-state index contributed by atoms with van der Waals surface area (Å²) < 4.78 is 5.89. The minimum atomic E-state index is -0.978. The first-order valence-corrected chi connectivity index (χ1v) is 13.7. The number of aromatic carboxylic acids is 1. The summed E-state index contributed by atoms with van der Waals surface area (Å²) in [5.41, 5.74) is 7.29. The van der Waals surface area contributed by atoms with Gasteiger partial charge in [0, 0.05) is 32.8 Å². The Bertz CT molecular complexity index is 1690. The number of halogens is 1. The van der Waals surface area contributed by atoms with Gasteiger partial charge in [-0.25, -0.2) is 15.2 Å². The zero-order valence-electron chi connectivity index (χ0n) is 21.5. The highest BCUT2D eigenvalue weighted by Crippen LogP contribution is 2.28. The number of nitrogens with one attached hydrogen (secondary N) is 2. The number of benzene rings is 4. The Morgan fingerprint density at radius 1 is 0.927 bits per heavy atom. The molecule has 0 spiro atoms. The van der Waals surface area contributed by atoms with Gasteiger partial charge in [0.2, 0.25) is 0 Å². The lowest BCUT2D eigenvalue weighted by molar-refractivity contribution is 0.0696. The maximum absolute atomic E-state index is 12.7. The minimum Gasteiger partial charge on any atom is -0.488 e. The van der Waals surface area contributed by atoms with Gasteiger partial charge in [0.15, 0.2) is 5.13 Å². The third-order valence-electron chi connectivity index (χ3n) is 5.93. The molecule has 8 nitrogen and oxygen atoms in total. The van der Waals surface area contributed by atoms with E-state index < -0.39 is 5.97 Å². The molecule has 0 bridgehead atoms. The molecule has 1 aromatic heterocycles. The summed E-state index contributed by atoms with van der Waals surface area (Å²) in [6.45, 7) is 0.251. The van der Waals surface area contributed by atoms with Crippen LogP contribution in [0.5, 0.6) is 5.75 Å². The molecule has 0 aliphatic heterocycles. The summed E-state index contributed by atoms with van der Waals surface area (Å²) in [6.07, 6.45) is 1.51. The molecule has 1 amide bonds. The number of carboxylic acid groups (broad SMARTS) is 1. The van der Waals surface area contributed by atoms with Crippen molar-refractivity contribution in [3.63, 3.8) is 0 Å². The summed E-state index contributed by atoms with van der Waals surface area (Å²) in [5.74, 6) is -0.757. The van der Waals surface area contributed by atoms with Gasteiger partial charge in [0.25, 0.3) is 5.91 Å². The van der Waals surface area contributed by atoms with Crippen molar-refractivity contribution in [2.24, 2.45) is 5.10 Å². The lowest BCUT2D eigenvalue weighted by Crippen LogP contribution is -2.17. The molecule has 0 radical (unpaired) electrons. The van der Waals surface area contributed by atoms with Crippen molar-refractivity contribution in [2.45, 2.75) is 6.61 Å². The van der Waals surface area contributed by atoms with Crippen LogP contribution in [0.3, 0.4) is 0 Å². The number of hydrazone groups is 1. The van der Waals surface area contributed by atoms with Crippen LogP contribution in [-0.2, 0) is 6.61 Å². The maximum Gasteiger partial charge on any atom is 0.335 e. The lowest BCUT2D eigenvalue weighted by Gasteiger charge is -2.09. The number of carboxylic acids is 1. The second-order valence-corrected chi connectivity index (χ2v) is 10.1. The second kappa shape index (κ2) is 12.9. The topological polar surface area (TPSA) is 113 Å². The number of anilines is 2. The number of thiazole rings is 1. The van der Waals surface area contributed by atoms with Gasteiger partial charge < -0.3 is 15.2 Å². The van der Waals surface area contributed by atoms with E-state index in [-0.39, 0.29) is 18.1 Å². The predicted molar refractivity (Wildman–Crippen MR) is 162 cm³/mol. The molecular weight excluding hydrogens is 560 g/mol. The molecule has 0 atom stereocenters. The van der Waals surface area contributed by atoms with Crippen LogP contribution in [0.25, 0.3) is 11.3 Å². The number of nitrogens with zero attached hydrogens (tertiary/aromatic N) is 2. The van der Waals surface area contributed by atoms with Crippen molar-refractivity contribution >= 4 is 51.8 Å². The molecule has 41 heavy (non-hydrogen) atoms. The van der Waals surface area contributed by atoms with Crippen molar-refractivity contribution in [2.75, 3.05) is 5.32 Å². The fraction of sp³-hybridized carbons (Fsp3) is 0.0323. The number of hydrogen-bond acceptors (Lipinski definition) is 7. The van der Waals surface area contributed by atoms with Crippen molar-refractivity contribution in [1.82, 2.24) is 10.4 Å². The van der Waals surface area contributed by atoms with Gasteiger partial charge in [-0.2, -0.15) is 5.10 Å². The Kier molecular flexibility index (Phi) is 8.68. The van der Waals surface area contributed by atoms with Crippen LogP contribution in [0.15, 0.2) is 108 Å². The molecule has 4 aromatic carbocycles. The Labute approximate surface area is 244 Å². The van der Waals surface area contributed by atoms with Crippen LogP contribution in [0.4, 0.5) is 10.8 Å². The molecule has 204 valence electrons. The molecule has 0 saturated heterocycles. The number of hydrogen-bond donors (Lipinski definition) is 3. The number of carbonyl (C=O) groups excluding carboxylic acids is 1. The SMILES string of the molecule is O=C(O)c1ccc(COc2ccccc2/C=N\NC(=O)c2ccc(-c3csc(Nc4ccc(Cl)cc4)n3)cc2)cc1. The van der Waals surface area contributed by atoms with E-state index in [1.54, 1.807) is 30.3 Å². The Morgan fingerprint density at radius 2 is 1.63 bits per heavy atom. The van der Waals surface area contributed by atoms with Crippen molar-refractivity contribution < 1.29 is 19.4 Å². The molecule has 3 N–H and O–H groups in total. The van der Waals surface area contributed by atoms with E-state index in [4.69, 9.17) is 21.4 Å². The van der Waals surface area contributed by atoms with Crippen LogP contribution in [-0.4, -0.2) is 28.2 Å². The molecule has 0 unspecified atom stereocenters. The quantitative estimate of drug-likeness (QED) is 0.118. The normalized spacial score (nSPS) is 10.9. The van der Waals surface area contributed by atoms with E-state index in [0.29, 0.717) is 21.9 Å². The fourth-order valence-corrected chi connectivity index (χ4v) is 4.63. The van der Waals surface area contributed by atoms with E-state index in [0.717, 1.165) is 27.6 Å². The van der Waals surface area contributed by atoms with Gasteiger partial charge in [-0.3, -0.25) is 4.79 Å². The second-order valence-electron chi connectivity index (χ2n) is 8.77. The number of carbonyl (C=O) groups is 2. The molecule has 0 aliphatic rings. The molecule has 0 aliphatic carbocycles. The van der Waals surface area contributed by atoms with Crippen LogP contribution in [0.2, 0.25) is 5.02 Å². The van der Waals surface area contributed by atoms with E-state index >= 15 is 0 Å². The van der Waals surface area contributed by atoms with Gasteiger partial charge in [-0.05, 0) is 66.2 Å². The van der Waals surface area contributed by atoms with Crippen LogP contribution >= 0.6 is 22.9 Å². The Balaban J connectivity index is 1.16. The van der Waals surface area contributed by atoms with E-state index in [1.807, 2.05) is 60.0 Å².